The molecule has 196 valence electrons. The number of halogens is 3. The van der Waals surface area contributed by atoms with Crippen molar-refractivity contribution in [1.82, 2.24) is 14.2 Å². The highest BCUT2D eigenvalue weighted by atomic mass is 32.2. The fourth-order valence-corrected chi connectivity index (χ4v) is 5.77. The van der Waals surface area contributed by atoms with Gasteiger partial charge in [0.2, 0.25) is 10.0 Å². The lowest BCUT2D eigenvalue weighted by Crippen LogP contribution is -2.52. The topological polar surface area (TPSA) is 117 Å². The number of piperidine rings is 1. The monoisotopic (exact) mass is 529 g/mol. The number of likely N-dealkylation sites (tertiary alicyclic amines) is 1. The molecule has 2 aliphatic heterocycles. The smallest absolute Gasteiger partial charge is 0.490 e. The van der Waals surface area contributed by atoms with E-state index in [4.69, 9.17) is 14.6 Å². The molecule has 0 radical (unpaired) electrons. The van der Waals surface area contributed by atoms with E-state index in [1.807, 2.05) is 6.92 Å². The van der Waals surface area contributed by atoms with Gasteiger partial charge < -0.3 is 14.7 Å². The van der Waals surface area contributed by atoms with Crippen LogP contribution in [0, 0.1) is 5.41 Å². The van der Waals surface area contributed by atoms with Crippen molar-refractivity contribution in [3.05, 3.63) is 54.4 Å². The molecule has 13 heteroatoms. The third kappa shape index (κ3) is 6.13. The Balaban J connectivity index is 0.000000454. The number of aromatic nitrogens is 1. The van der Waals surface area contributed by atoms with Crippen LogP contribution in [-0.2, 0) is 14.8 Å². The van der Waals surface area contributed by atoms with Gasteiger partial charge in [0.05, 0.1) is 6.61 Å². The molecule has 2 aromatic rings. The Labute approximate surface area is 206 Å². The van der Waals surface area contributed by atoms with Crippen molar-refractivity contribution in [2.45, 2.75) is 30.8 Å². The second-order valence-electron chi connectivity index (χ2n) is 8.48. The van der Waals surface area contributed by atoms with E-state index < -0.39 is 22.2 Å². The molecule has 9 nitrogen and oxygen atoms in total. The molecule has 0 atom stereocenters. The number of alkyl halides is 3. The van der Waals surface area contributed by atoms with Crippen LogP contribution in [0.5, 0.6) is 5.75 Å². The van der Waals surface area contributed by atoms with Gasteiger partial charge in [0.25, 0.3) is 5.91 Å². The third-order valence-electron chi connectivity index (χ3n) is 6.10. The molecule has 1 spiro atoms. The summed E-state index contributed by atoms with van der Waals surface area (Å²) in [5.41, 5.74) is 0.112. The number of fused-ring (bicyclic) bond motifs is 1. The number of amides is 1. The van der Waals surface area contributed by atoms with Gasteiger partial charge in [0, 0.05) is 37.8 Å². The Morgan fingerprint density at radius 1 is 1.11 bits per heavy atom. The zero-order valence-corrected chi connectivity index (χ0v) is 20.3. The molecule has 0 unspecified atom stereocenters. The highest BCUT2D eigenvalue weighted by molar-refractivity contribution is 7.89. The molecule has 3 heterocycles. The number of carboxylic acids is 1. The van der Waals surface area contributed by atoms with E-state index in [-0.39, 0.29) is 16.2 Å². The van der Waals surface area contributed by atoms with E-state index >= 15 is 0 Å². The van der Waals surface area contributed by atoms with E-state index in [1.54, 1.807) is 57.9 Å². The summed E-state index contributed by atoms with van der Waals surface area (Å²) >= 11 is 0. The maximum atomic E-state index is 13.2. The Hall–Kier alpha value is -3.19. The molecule has 1 aromatic carbocycles. The lowest BCUT2D eigenvalue weighted by molar-refractivity contribution is -0.192. The number of benzene rings is 1. The van der Waals surface area contributed by atoms with E-state index in [0.717, 1.165) is 0 Å². The van der Waals surface area contributed by atoms with Crippen molar-refractivity contribution in [3.63, 3.8) is 0 Å². The number of nitrogens with zero attached hydrogens (tertiary/aromatic N) is 3. The van der Waals surface area contributed by atoms with Gasteiger partial charge in [-0.15, -0.1) is 0 Å². The Morgan fingerprint density at radius 3 is 2.28 bits per heavy atom. The number of hydrogen-bond donors (Lipinski definition) is 1. The van der Waals surface area contributed by atoms with E-state index in [1.165, 1.54) is 0 Å². The number of pyridine rings is 1. The first-order valence-electron chi connectivity index (χ1n) is 11.1. The number of ether oxygens (including phenoxy) is 1. The van der Waals surface area contributed by atoms with Crippen molar-refractivity contribution in [2.75, 3.05) is 32.8 Å². The van der Waals surface area contributed by atoms with Crippen LogP contribution in [0.25, 0.3) is 0 Å². The van der Waals surface area contributed by atoms with E-state index in [2.05, 4.69) is 4.98 Å². The standard InChI is InChI=1S/C21H25N3O4S.C2HF3O2/c1-2-24-15-21(16-28-18-8-3-4-9-19(18)29(24,26)27)10-13-23(14-11-21)20(25)17-7-5-6-12-22-17;3-2(4,5)1(6)7/h3-9,12H,2,10-11,13-16H2,1H3;(H,6,7). The molecular formula is C23H26F3N3O6S. The first kappa shape index (κ1) is 27.4. The average molecular weight is 530 g/mol. The molecule has 2 aliphatic rings. The average Bonchev–Trinajstić information content (AvgIpc) is 2.86. The fraction of sp³-hybridized carbons (Fsp3) is 0.435. The molecule has 36 heavy (non-hydrogen) atoms. The van der Waals surface area contributed by atoms with Crippen LogP contribution in [0.3, 0.4) is 0 Å². The minimum Gasteiger partial charge on any atom is -0.492 e. The number of aliphatic carboxylic acids is 1. The van der Waals surface area contributed by atoms with Crippen LogP contribution in [0.1, 0.15) is 30.3 Å². The zero-order chi connectivity index (χ0) is 26.6. The SMILES string of the molecule is CCN1CC2(CCN(C(=O)c3ccccn3)CC2)COc2ccccc2S1(=O)=O.O=C(O)C(F)(F)F. The number of carbonyl (C=O) groups excluding carboxylic acids is 1. The van der Waals surface area contributed by atoms with E-state index in [0.29, 0.717) is 57.1 Å². The minimum absolute atomic E-state index is 0.0856. The van der Waals surface area contributed by atoms with Crippen LogP contribution >= 0.6 is 0 Å². The van der Waals surface area contributed by atoms with Crippen LogP contribution in [-0.4, -0.2) is 78.6 Å². The molecule has 0 saturated carbocycles. The summed E-state index contributed by atoms with van der Waals surface area (Å²) in [5.74, 6) is -2.44. The van der Waals surface area contributed by atoms with Gasteiger partial charge in [-0.25, -0.2) is 13.2 Å². The number of rotatable bonds is 2. The summed E-state index contributed by atoms with van der Waals surface area (Å²) in [4.78, 5) is 27.8. The molecule has 1 fully saturated rings. The Morgan fingerprint density at radius 2 is 1.72 bits per heavy atom. The first-order chi connectivity index (χ1) is 16.9. The number of sulfonamides is 1. The molecule has 0 aliphatic carbocycles. The Bertz CT molecular complexity index is 1180. The second kappa shape index (κ2) is 10.8. The van der Waals surface area contributed by atoms with Crippen molar-refractivity contribution < 1.29 is 41.0 Å². The fourth-order valence-electron chi connectivity index (χ4n) is 4.08. The van der Waals surface area contributed by atoms with Crippen LogP contribution in [0.15, 0.2) is 53.6 Å². The zero-order valence-electron chi connectivity index (χ0n) is 19.4. The van der Waals surface area contributed by atoms with Crippen molar-refractivity contribution in [1.29, 1.82) is 0 Å². The van der Waals surface area contributed by atoms with Crippen LogP contribution in [0.2, 0.25) is 0 Å². The molecular weight excluding hydrogens is 503 g/mol. The van der Waals surface area contributed by atoms with Crippen molar-refractivity contribution in [3.8, 4) is 5.75 Å². The maximum Gasteiger partial charge on any atom is 0.490 e. The van der Waals surface area contributed by atoms with Gasteiger partial charge in [-0.3, -0.25) is 9.78 Å². The van der Waals surface area contributed by atoms with Gasteiger partial charge in [-0.1, -0.05) is 25.1 Å². The summed E-state index contributed by atoms with van der Waals surface area (Å²) in [6, 6.07) is 12.1. The maximum absolute atomic E-state index is 13.2. The molecule has 4 rings (SSSR count). The lowest BCUT2D eigenvalue weighted by atomic mass is 9.78. The molecule has 1 saturated heterocycles. The second-order valence-corrected chi connectivity index (χ2v) is 10.4. The number of carbonyl (C=O) groups is 2. The number of para-hydroxylation sites is 1. The quantitative estimate of drug-likeness (QED) is 0.636. The summed E-state index contributed by atoms with van der Waals surface area (Å²) in [6.07, 6.45) is -2.11. The first-order valence-corrected chi connectivity index (χ1v) is 12.6. The number of hydrogen-bond acceptors (Lipinski definition) is 6. The third-order valence-corrected chi connectivity index (χ3v) is 8.06. The summed E-state index contributed by atoms with van der Waals surface area (Å²) in [7, 11) is -3.62. The summed E-state index contributed by atoms with van der Waals surface area (Å²) in [5, 5.41) is 7.12. The van der Waals surface area contributed by atoms with Crippen LogP contribution in [0.4, 0.5) is 13.2 Å². The van der Waals surface area contributed by atoms with Crippen molar-refractivity contribution in [2.24, 2.45) is 5.41 Å². The van der Waals surface area contributed by atoms with Gasteiger partial charge in [0.1, 0.15) is 16.3 Å². The van der Waals surface area contributed by atoms with E-state index in [9.17, 15) is 26.4 Å². The highest BCUT2D eigenvalue weighted by Gasteiger charge is 2.43. The van der Waals surface area contributed by atoms with Crippen molar-refractivity contribution >= 4 is 21.9 Å². The molecule has 1 aromatic heterocycles. The summed E-state index contributed by atoms with van der Waals surface area (Å²) < 4.78 is 65.6. The minimum atomic E-state index is -5.08. The Kier molecular flexibility index (Phi) is 8.24. The number of carboxylic acid groups (broad SMARTS) is 1. The van der Waals surface area contributed by atoms with Crippen LogP contribution < -0.4 is 4.74 Å². The van der Waals surface area contributed by atoms with Gasteiger partial charge in [-0.05, 0) is 37.1 Å². The molecule has 1 N–H and O–H groups in total. The molecule has 1 amide bonds. The van der Waals surface area contributed by atoms with Gasteiger partial charge in [-0.2, -0.15) is 17.5 Å². The predicted octanol–water partition coefficient (Wildman–Crippen LogP) is 3.04. The van der Waals surface area contributed by atoms with Gasteiger partial charge in [0.15, 0.2) is 0 Å². The molecule has 0 bridgehead atoms. The van der Waals surface area contributed by atoms with Gasteiger partial charge >= 0.3 is 12.1 Å². The predicted molar refractivity (Wildman–Crippen MR) is 122 cm³/mol. The summed E-state index contributed by atoms with van der Waals surface area (Å²) in [6.45, 7) is 4.19. The lowest BCUT2D eigenvalue weighted by Gasteiger charge is -2.44. The highest BCUT2D eigenvalue weighted by Crippen LogP contribution is 2.39. The normalized spacial score (nSPS) is 19.1. The largest absolute Gasteiger partial charge is 0.492 e.